The molecule has 42 heavy (non-hydrogen) atoms. The number of nitrogens with one attached hydrogen (secondary N) is 1. The summed E-state index contributed by atoms with van der Waals surface area (Å²) in [5, 5.41) is 19.6. The van der Waals surface area contributed by atoms with Crippen LogP contribution in [0, 0.1) is 5.41 Å². The van der Waals surface area contributed by atoms with Gasteiger partial charge in [0.2, 0.25) is 5.91 Å². The number of hydrogen-bond donors (Lipinski definition) is 3. The minimum Gasteiger partial charge on any atom is -0.479 e. The van der Waals surface area contributed by atoms with Crippen molar-refractivity contribution in [2.45, 2.75) is 70.4 Å². The molecule has 1 heterocycles. The molecule has 1 aliphatic carbocycles. The van der Waals surface area contributed by atoms with Crippen molar-refractivity contribution in [2.75, 3.05) is 0 Å². The lowest BCUT2D eigenvalue weighted by molar-refractivity contribution is -0.163. The van der Waals surface area contributed by atoms with Gasteiger partial charge in [0.1, 0.15) is 11.4 Å². The molecule has 1 fully saturated rings. The van der Waals surface area contributed by atoms with E-state index in [1.54, 1.807) is 11.1 Å². The molecular weight excluding hydrogens is 524 g/mol. The summed E-state index contributed by atoms with van der Waals surface area (Å²) in [7, 11) is 0. The second kappa shape index (κ2) is 12.6. The maximum Gasteiger partial charge on any atom is 0.329 e. The Morgan fingerprint density at radius 1 is 0.952 bits per heavy atom. The van der Waals surface area contributed by atoms with Gasteiger partial charge in [0, 0.05) is 30.1 Å². The Labute approximate surface area is 246 Å². The zero-order valence-corrected chi connectivity index (χ0v) is 24.1. The summed E-state index contributed by atoms with van der Waals surface area (Å²) in [5.74, 6) is -1.02. The van der Waals surface area contributed by atoms with Crippen molar-refractivity contribution in [3.63, 3.8) is 0 Å². The Hall–Kier alpha value is -4.52. The third-order valence-corrected chi connectivity index (χ3v) is 8.49. The van der Waals surface area contributed by atoms with Gasteiger partial charge in [-0.2, -0.15) is 0 Å². The van der Waals surface area contributed by atoms with Crippen molar-refractivity contribution >= 4 is 28.6 Å². The van der Waals surface area contributed by atoms with Crippen LogP contribution < -0.4 is 5.73 Å². The monoisotopic (exact) mass is 562 g/mol. The van der Waals surface area contributed by atoms with E-state index in [0.29, 0.717) is 24.8 Å². The van der Waals surface area contributed by atoms with Gasteiger partial charge in [-0.25, -0.2) is 4.79 Å². The number of amidine groups is 1. The van der Waals surface area contributed by atoms with E-state index in [1.807, 2.05) is 73.7 Å². The Morgan fingerprint density at radius 3 is 2.33 bits per heavy atom. The molecule has 0 aliphatic heterocycles. The van der Waals surface area contributed by atoms with Gasteiger partial charge in [-0.3, -0.25) is 15.2 Å². The van der Waals surface area contributed by atoms with Crippen molar-refractivity contribution in [1.82, 2.24) is 9.88 Å². The zero-order chi connectivity index (χ0) is 29.7. The molecule has 5 rings (SSSR count). The smallest absolute Gasteiger partial charge is 0.329 e. The van der Waals surface area contributed by atoms with Crippen molar-refractivity contribution in [3.05, 3.63) is 90.1 Å². The summed E-state index contributed by atoms with van der Waals surface area (Å²) in [5.41, 5.74) is 11.0. The molecule has 1 amide bonds. The summed E-state index contributed by atoms with van der Waals surface area (Å²) in [6, 6.07) is 23.8. The predicted molar refractivity (Wildman–Crippen MR) is 167 cm³/mol. The molecule has 0 saturated heterocycles. The molecule has 7 nitrogen and oxygen atoms in total. The number of rotatable bonds is 10. The molecule has 3 aromatic carbocycles. The average molecular weight is 563 g/mol. The number of fused-ring (bicyclic) bond motifs is 1. The fourth-order valence-corrected chi connectivity index (χ4v) is 6.10. The third-order valence-electron chi connectivity index (χ3n) is 8.49. The van der Waals surface area contributed by atoms with Gasteiger partial charge in [-0.05, 0) is 71.3 Å². The van der Waals surface area contributed by atoms with Gasteiger partial charge < -0.3 is 15.7 Å². The van der Waals surface area contributed by atoms with E-state index in [9.17, 15) is 14.7 Å². The molecule has 1 aromatic heterocycles. The van der Waals surface area contributed by atoms with Crippen LogP contribution in [0.4, 0.5) is 0 Å². The molecule has 1 saturated carbocycles. The van der Waals surface area contributed by atoms with E-state index in [-0.39, 0.29) is 18.3 Å². The first-order valence-corrected chi connectivity index (χ1v) is 14.8. The fourth-order valence-electron chi connectivity index (χ4n) is 6.10. The number of carboxylic acids is 1. The molecule has 4 N–H and O–H groups in total. The van der Waals surface area contributed by atoms with Crippen molar-refractivity contribution in [3.8, 4) is 22.3 Å². The maximum atomic E-state index is 13.4. The number of hydrogen-bond acceptors (Lipinski definition) is 4. The zero-order valence-electron chi connectivity index (χ0n) is 24.1. The van der Waals surface area contributed by atoms with Gasteiger partial charge in [0.25, 0.3) is 0 Å². The molecule has 7 heteroatoms. The number of nitrogens with two attached hydrogens (primary N) is 1. The van der Waals surface area contributed by atoms with Crippen LogP contribution in [0.25, 0.3) is 33.2 Å². The summed E-state index contributed by atoms with van der Waals surface area (Å²) >= 11 is 0. The van der Waals surface area contributed by atoms with Crippen LogP contribution in [-0.2, 0) is 16.1 Å². The molecular formula is C35H38N4O3. The van der Waals surface area contributed by atoms with Crippen LogP contribution in [0.5, 0.6) is 0 Å². The number of nitrogens with zero attached hydrogens (tertiary/aromatic N) is 2. The first kappa shape index (κ1) is 29.0. The number of pyridine rings is 1. The second-order valence-corrected chi connectivity index (χ2v) is 11.3. The van der Waals surface area contributed by atoms with Gasteiger partial charge in [0.05, 0.1) is 5.52 Å². The summed E-state index contributed by atoms with van der Waals surface area (Å²) < 4.78 is 0. The van der Waals surface area contributed by atoms with Crippen LogP contribution in [-0.4, -0.2) is 38.2 Å². The molecule has 0 bridgehead atoms. The van der Waals surface area contributed by atoms with E-state index in [4.69, 9.17) is 11.1 Å². The number of aromatic nitrogens is 1. The molecule has 0 spiro atoms. The van der Waals surface area contributed by atoms with Crippen molar-refractivity contribution in [1.29, 1.82) is 5.41 Å². The third kappa shape index (κ3) is 5.91. The standard InChI is InChI=1S/C35H38N4O3/c1-2-3-9-32(40)39(35(34(41)42)18-5-4-6-19-35)23-24-10-12-25(13-11-24)30-22-27(14-16-29(30)33(36)37)26-15-17-31-28(21-26)8-7-20-38-31/h7-8,10-17,20-22H,2-6,9,18-19,23H2,1H3,(H3,36,37)(H,41,42). The molecule has 0 unspecified atom stereocenters. The van der Waals surface area contributed by atoms with Gasteiger partial charge in [-0.15, -0.1) is 0 Å². The highest BCUT2D eigenvalue weighted by atomic mass is 16.4. The van der Waals surface area contributed by atoms with E-state index in [0.717, 1.165) is 70.8 Å². The largest absolute Gasteiger partial charge is 0.479 e. The number of carboxylic acid groups (broad SMARTS) is 1. The number of amides is 1. The van der Waals surface area contributed by atoms with Gasteiger partial charge in [0.15, 0.2) is 0 Å². The summed E-state index contributed by atoms with van der Waals surface area (Å²) in [6.07, 6.45) is 7.32. The second-order valence-electron chi connectivity index (χ2n) is 11.3. The van der Waals surface area contributed by atoms with Crippen molar-refractivity contribution in [2.24, 2.45) is 5.73 Å². The highest BCUT2D eigenvalue weighted by molar-refractivity contribution is 6.02. The van der Waals surface area contributed by atoms with Crippen molar-refractivity contribution < 1.29 is 14.7 Å². The van der Waals surface area contributed by atoms with E-state index >= 15 is 0 Å². The minimum absolute atomic E-state index is 0.0169. The SMILES string of the molecule is CCCCC(=O)N(Cc1ccc(-c2cc(-c3ccc4ncccc4c3)ccc2C(=N)N)cc1)C1(C(=O)O)CCCCC1. The minimum atomic E-state index is -1.16. The Morgan fingerprint density at radius 2 is 1.64 bits per heavy atom. The van der Waals surface area contributed by atoms with Crippen LogP contribution in [0.3, 0.4) is 0 Å². The lowest BCUT2D eigenvalue weighted by atomic mass is 9.79. The number of benzene rings is 3. The van der Waals surface area contributed by atoms with Crippen LogP contribution in [0.2, 0.25) is 0 Å². The summed E-state index contributed by atoms with van der Waals surface area (Å²) in [4.78, 5) is 32.1. The van der Waals surface area contributed by atoms with Crippen LogP contribution in [0.1, 0.15) is 69.4 Å². The van der Waals surface area contributed by atoms with Crippen LogP contribution >= 0.6 is 0 Å². The molecule has 0 atom stereocenters. The van der Waals surface area contributed by atoms with Crippen LogP contribution in [0.15, 0.2) is 79.0 Å². The maximum absolute atomic E-state index is 13.4. The average Bonchev–Trinajstić information content (AvgIpc) is 3.02. The Balaban J connectivity index is 1.47. The first-order chi connectivity index (χ1) is 20.3. The molecule has 1 aliphatic rings. The highest BCUT2D eigenvalue weighted by Crippen LogP contribution is 2.37. The number of nitrogen functional groups attached to an aromatic ring is 1. The quantitative estimate of drug-likeness (QED) is 0.140. The first-order valence-electron chi connectivity index (χ1n) is 14.8. The Kier molecular flexibility index (Phi) is 8.67. The normalized spacial score (nSPS) is 14.4. The van der Waals surface area contributed by atoms with E-state index < -0.39 is 11.5 Å². The lowest BCUT2D eigenvalue weighted by Gasteiger charge is -2.43. The molecule has 216 valence electrons. The number of aliphatic carboxylic acids is 1. The molecule has 4 aromatic rings. The topological polar surface area (TPSA) is 120 Å². The van der Waals surface area contributed by atoms with E-state index in [2.05, 4.69) is 11.1 Å². The number of carbonyl (C=O) groups is 2. The van der Waals surface area contributed by atoms with Gasteiger partial charge in [-0.1, -0.05) is 81.1 Å². The lowest BCUT2D eigenvalue weighted by Crippen LogP contribution is -2.57. The van der Waals surface area contributed by atoms with E-state index in [1.165, 1.54) is 0 Å². The fraction of sp³-hybridized carbons (Fsp3) is 0.314. The number of carbonyl (C=O) groups excluding carboxylic acids is 1. The molecule has 0 radical (unpaired) electrons. The Bertz CT molecular complexity index is 1610. The predicted octanol–water partition coefficient (Wildman–Crippen LogP) is 7.16. The van der Waals surface area contributed by atoms with Gasteiger partial charge >= 0.3 is 5.97 Å². The number of unbranched alkanes of at least 4 members (excludes halogenated alkanes) is 1. The highest BCUT2D eigenvalue weighted by Gasteiger charge is 2.46. The summed E-state index contributed by atoms with van der Waals surface area (Å²) in [6.45, 7) is 2.28.